The number of rotatable bonds is 4. The van der Waals surface area contributed by atoms with E-state index < -0.39 is 49.5 Å². The minimum Gasteiger partial charge on any atom is -0.471 e. The van der Waals surface area contributed by atoms with Gasteiger partial charge in [-0.15, -0.1) is 0 Å². The molecule has 2 amide bonds. The van der Waals surface area contributed by atoms with Crippen LogP contribution in [0.1, 0.15) is 19.8 Å². The Morgan fingerprint density at radius 3 is 2.67 bits per heavy atom. The molecule has 9 nitrogen and oxygen atoms in total. The Morgan fingerprint density at radius 1 is 1.25 bits per heavy atom. The zero-order valence-electron chi connectivity index (χ0n) is 13.2. The SMILES string of the molecule is CCCC1=CC2=CN([C@@H]3O[C@H](CO)[C@@H](O)[C@H](O)[C@H]3O)C(=O)NC2O1. The lowest BCUT2D eigenvalue weighted by atomic mass is 9.97. The Bertz CT molecular complexity index is 562. The van der Waals surface area contributed by atoms with E-state index >= 15 is 0 Å². The first kappa shape index (κ1) is 17.2. The number of carbonyl (C=O) groups is 1. The summed E-state index contributed by atoms with van der Waals surface area (Å²) in [5, 5.41) is 41.7. The van der Waals surface area contributed by atoms with Crippen molar-refractivity contribution in [1.82, 2.24) is 10.2 Å². The van der Waals surface area contributed by atoms with E-state index in [4.69, 9.17) is 9.47 Å². The normalized spacial score (nSPS) is 38.9. The number of hydrogen-bond donors (Lipinski definition) is 5. The van der Waals surface area contributed by atoms with Gasteiger partial charge in [0.25, 0.3) is 0 Å². The van der Waals surface area contributed by atoms with Crippen molar-refractivity contribution in [2.45, 2.75) is 56.6 Å². The molecule has 0 radical (unpaired) electrons. The molecule has 3 heterocycles. The monoisotopic (exact) mass is 342 g/mol. The molecule has 1 fully saturated rings. The first-order chi connectivity index (χ1) is 11.5. The summed E-state index contributed by atoms with van der Waals surface area (Å²) in [6.07, 6.45) is -2.51. The lowest BCUT2D eigenvalue weighted by Gasteiger charge is -2.44. The van der Waals surface area contributed by atoms with Gasteiger partial charge in [0.15, 0.2) is 6.23 Å². The quantitative estimate of drug-likeness (QED) is 0.431. The molecule has 3 aliphatic rings. The number of amides is 2. The minimum absolute atomic E-state index is 0.556. The number of urea groups is 1. The van der Waals surface area contributed by atoms with Crippen molar-refractivity contribution in [1.29, 1.82) is 0 Å². The third-order valence-corrected chi connectivity index (χ3v) is 4.31. The standard InChI is InChI=1S/C15H22N2O7/c1-2-3-8-4-7-5-17(15(22)16-13(7)23-8)14-12(21)11(20)10(19)9(6-18)24-14/h4-5,9-14,18-21H,2-3,6H2,1H3,(H,16,22)/t9-,10-,11+,12-,13?,14-/m1/s1. The van der Waals surface area contributed by atoms with Crippen molar-refractivity contribution in [3.05, 3.63) is 23.6 Å². The summed E-state index contributed by atoms with van der Waals surface area (Å²) < 4.78 is 11.0. The fourth-order valence-electron chi connectivity index (χ4n) is 3.02. The fourth-order valence-corrected chi connectivity index (χ4v) is 3.02. The molecular formula is C15H22N2O7. The maximum absolute atomic E-state index is 12.3. The van der Waals surface area contributed by atoms with Crippen LogP contribution in [0.3, 0.4) is 0 Å². The van der Waals surface area contributed by atoms with Gasteiger partial charge in [0, 0.05) is 18.2 Å². The van der Waals surface area contributed by atoms with E-state index in [2.05, 4.69) is 5.32 Å². The number of fused-ring (bicyclic) bond motifs is 1. The molecule has 134 valence electrons. The Balaban J connectivity index is 1.83. The highest BCUT2D eigenvalue weighted by Crippen LogP contribution is 2.31. The van der Waals surface area contributed by atoms with Gasteiger partial charge in [-0.2, -0.15) is 0 Å². The van der Waals surface area contributed by atoms with E-state index in [9.17, 15) is 25.2 Å². The maximum atomic E-state index is 12.3. The van der Waals surface area contributed by atoms with E-state index in [0.29, 0.717) is 5.57 Å². The summed E-state index contributed by atoms with van der Waals surface area (Å²) in [6, 6.07) is -0.570. The second-order valence-electron chi connectivity index (χ2n) is 6.06. The van der Waals surface area contributed by atoms with Gasteiger partial charge in [0.2, 0.25) is 6.23 Å². The summed E-state index contributed by atoms with van der Waals surface area (Å²) in [6.45, 7) is 1.46. The molecule has 24 heavy (non-hydrogen) atoms. The molecule has 3 aliphatic heterocycles. The minimum atomic E-state index is -1.55. The van der Waals surface area contributed by atoms with Crippen molar-refractivity contribution in [3.63, 3.8) is 0 Å². The maximum Gasteiger partial charge on any atom is 0.326 e. The number of nitrogens with one attached hydrogen (secondary N) is 1. The predicted molar refractivity (Wildman–Crippen MR) is 80.1 cm³/mol. The van der Waals surface area contributed by atoms with E-state index in [-0.39, 0.29) is 0 Å². The van der Waals surface area contributed by atoms with Gasteiger partial charge in [-0.1, -0.05) is 6.92 Å². The fraction of sp³-hybridized carbons (Fsp3) is 0.667. The van der Waals surface area contributed by atoms with E-state index in [1.165, 1.54) is 6.20 Å². The lowest BCUT2D eigenvalue weighted by Crippen LogP contribution is -2.65. The van der Waals surface area contributed by atoms with Gasteiger partial charge in [-0.3, -0.25) is 10.2 Å². The average molecular weight is 342 g/mol. The van der Waals surface area contributed by atoms with Crippen LogP contribution in [0.2, 0.25) is 0 Å². The Hall–Kier alpha value is -1.65. The number of aliphatic hydroxyl groups is 4. The van der Waals surface area contributed by atoms with Crippen molar-refractivity contribution in [3.8, 4) is 0 Å². The van der Waals surface area contributed by atoms with Crippen LogP contribution in [-0.2, 0) is 9.47 Å². The molecule has 1 saturated heterocycles. The molecule has 0 aromatic rings. The van der Waals surface area contributed by atoms with Gasteiger partial charge in [0.1, 0.15) is 24.4 Å². The molecule has 1 unspecified atom stereocenters. The van der Waals surface area contributed by atoms with E-state index in [1.54, 1.807) is 0 Å². The van der Waals surface area contributed by atoms with Gasteiger partial charge in [-0.05, 0) is 12.5 Å². The predicted octanol–water partition coefficient (Wildman–Crippen LogP) is -1.26. The van der Waals surface area contributed by atoms with Gasteiger partial charge < -0.3 is 29.9 Å². The molecule has 5 N–H and O–H groups in total. The molecular weight excluding hydrogens is 320 g/mol. The summed E-state index contributed by atoms with van der Waals surface area (Å²) in [5.41, 5.74) is 0.690. The van der Waals surface area contributed by atoms with Gasteiger partial charge in [-0.25, -0.2) is 4.79 Å². The van der Waals surface area contributed by atoms with Crippen molar-refractivity contribution in [2.24, 2.45) is 0 Å². The molecule has 0 spiro atoms. The molecule has 0 bridgehead atoms. The number of carbonyl (C=O) groups excluding carboxylic acids is 1. The van der Waals surface area contributed by atoms with Crippen molar-refractivity contribution >= 4 is 6.03 Å². The molecule has 6 atom stereocenters. The number of allylic oxidation sites excluding steroid dienone is 1. The molecule has 0 aromatic heterocycles. The number of nitrogens with zero attached hydrogens (tertiary/aromatic N) is 1. The molecule has 0 aromatic carbocycles. The first-order valence-electron chi connectivity index (χ1n) is 7.94. The topological polar surface area (TPSA) is 132 Å². The Morgan fingerprint density at radius 2 is 2.00 bits per heavy atom. The number of ether oxygens (including phenoxy) is 2. The summed E-state index contributed by atoms with van der Waals surface area (Å²) in [4.78, 5) is 13.4. The van der Waals surface area contributed by atoms with Crippen LogP contribution in [0.5, 0.6) is 0 Å². The van der Waals surface area contributed by atoms with Gasteiger partial charge >= 0.3 is 6.03 Å². The first-order valence-corrected chi connectivity index (χ1v) is 7.94. The zero-order valence-corrected chi connectivity index (χ0v) is 13.2. The highest BCUT2D eigenvalue weighted by molar-refractivity contribution is 5.78. The highest BCUT2D eigenvalue weighted by atomic mass is 16.6. The zero-order chi connectivity index (χ0) is 17.4. The summed E-state index contributed by atoms with van der Waals surface area (Å²) >= 11 is 0. The van der Waals surface area contributed by atoms with E-state index in [0.717, 1.165) is 23.5 Å². The Kier molecular flexibility index (Phi) is 4.79. The third kappa shape index (κ3) is 2.89. The van der Waals surface area contributed by atoms with Crippen LogP contribution >= 0.6 is 0 Å². The van der Waals surface area contributed by atoms with Crippen LogP contribution in [-0.4, -0.2) is 74.8 Å². The van der Waals surface area contributed by atoms with Crippen LogP contribution in [0, 0.1) is 0 Å². The highest BCUT2D eigenvalue weighted by Gasteiger charge is 2.48. The Labute approximate surface area is 138 Å². The molecule has 3 rings (SSSR count). The van der Waals surface area contributed by atoms with Crippen LogP contribution in [0.4, 0.5) is 4.79 Å². The number of aliphatic hydroxyl groups excluding tert-OH is 4. The molecule has 9 heteroatoms. The second kappa shape index (κ2) is 6.69. The third-order valence-electron chi connectivity index (χ3n) is 4.31. The second-order valence-corrected chi connectivity index (χ2v) is 6.06. The summed E-state index contributed by atoms with van der Waals surface area (Å²) in [5.74, 6) is 0.754. The molecule has 0 saturated carbocycles. The average Bonchev–Trinajstić information content (AvgIpc) is 2.94. The van der Waals surface area contributed by atoms with Crippen LogP contribution < -0.4 is 5.32 Å². The molecule has 0 aliphatic carbocycles. The van der Waals surface area contributed by atoms with Gasteiger partial charge in [0.05, 0.1) is 12.4 Å². The van der Waals surface area contributed by atoms with Crippen molar-refractivity contribution in [2.75, 3.05) is 6.61 Å². The van der Waals surface area contributed by atoms with Crippen LogP contribution in [0.25, 0.3) is 0 Å². The van der Waals surface area contributed by atoms with Crippen molar-refractivity contribution < 1.29 is 34.7 Å². The number of hydrogen-bond acceptors (Lipinski definition) is 7. The smallest absolute Gasteiger partial charge is 0.326 e. The van der Waals surface area contributed by atoms with Crippen LogP contribution in [0.15, 0.2) is 23.6 Å². The largest absolute Gasteiger partial charge is 0.471 e. The van der Waals surface area contributed by atoms with E-state index in [1.807, 2.05) is 13.0 Å². The summed E-state index contributed by atoms with van der Waals surface area (Å²) in [7, 11) is 0. The lowest BCUT2D eigenvalue weighted by molar-refractivity contribution is -0.252.